The first-order valence-electron chi connectivity index (χ1n) is 6.90. The predicted molar refractivity (Wildman–Crippen MR) is 80.2 cm³/mol. The zero-order valence-electron chi connectivity index (χ0n) is 12.1. The summed E-state index contributed by atoms with van der Waals surface area (Å²) in [4.78, 5) is 0. The third-order valence-electron chi connectivity index (χ3n) is 3.22. The first kappa shape index (κ1) is 15.6. The second-order valence-electron chi connectivity index (χ2n) is 4.95. The maximum absolute atomic E-state index is 12.8. The highest BCUT2D eigenvalue weighted by Crippen LogP contribution is 2.13. The summed E-state index contributed by atoms with van der Waals surface area (Å²) in [6.45, 7) is 1.67. The number of aliphatic hydroxyl groups is 1. The van der Waals surface area contributed by atoms with Gasteiger partial charge in [-0.3, -0.25) is 0 Å². The highest BCUT2D eigenvalue weighted by atomic mass is 19.1. The van der Waals surface area contributed by atoms with E-state index in [1.54, 1.807) is 19.2 Å². The lowest BCUT2D eigenvalue weighted by Gasteiger charge is -2.12. The summed E-state index contributed by atoms with van der Waals surface area (Å²) in [6.07, 6.45) is -0.646. The predicted octanol–water partition coefficient (Wildman–Crippen LogP) is 2.80. The van der Waals surface area contributed by atoms with Crippen LogP contribution in [0.15, 0.2) is 48.5 Å². The minimum atomic E-state index is -0.646. The van der Waals surface area contributed by atoms with Gasteiger partial charge >= 0.3 is 0 Å². The molecule has 0 aliphatic rings. The smallest absolute Gasteiger partial charge is 0.123 e. The van der Waals surface area contributed by atoms with Crippen molar-refractivity contribution in [3.8, 4) is 0 Å². The van der Waals surface area contributed by atoms with E-state index in [4.69, 9.17) is 4.74 Å². The Morgan fingerprint density at radius 2 is 1.86 bits per heavy atom. The molecule has 0 spiro atoms. The minimum Gasteiger partial charge on any atom is -0.387 e. The van der Waals surface area contributed by atoms with E-state index in [2.05, 4.69) is 11.4 Å². The molecule has 0 saturated carbocycles. The third-order valence-corrected chi connectivity index (χ3v) is 3.22. The van der Waals surface area contributed by atoms with Gasteiger partial charge in [0.1, 0.15) is 5.82 Å². The average molecular weight is 289 g/mol. The van der Waals surface area contributed by atoms with Crippen molar-refractivity contribution >= 4 is 0 Å². The van der Waals surface area contributed by atoms with Gasteiger partial charge < -0.3 is 15.2 Å². The fraction of sp³-hybridized carbons (Fsp3) is 0.294. The Morgan fingerprint density at radius 3 is 2.57 bits per heavy atom. The molecule has 112 valence electrons. The number of rotatable bonds is 7. The maximum atomic E-state index is 12.8. The molecule has 2 rings (SSSR count). The summed E-state index contributed by atoms with van der Waals surface area (Å²) in [5.41, 5.74) is 2.96. The van der Waals surface area contributed by atoms with Gasteiger partial charge in [-0.15, -0.1) is 0 Å². The van der Waals surface area contributed by atoms with E-state index in [1.165, 1.54) is 12.1 Å². The van der Waals surface area contributed by atoms with Crippen LogP contribution in [0.25, 0.3) is 0 Å². The molecular weight excluding hydrogens is 269 g/mol. The Kier molecular flexibility index (Phi) is 5.87. The minimum absolute atomic E-state index is 0.297. The molecule has 0 bridgehead atoms. The van der Waals surface area contributed by atoms with E-state index in [9.17, 15) is 9.50 Å². The van der Waals surface area contributed by atoms with Crippen molar-refractivity contribution in [1.29, 1.82) is 0 Å². The Balaban J connectivity index is 1.83. The van der Waals surface area contributed by atoms with Gasteiger partial charge in [-0.05, 0) is 28.8 Å². The summed E-state index contributed by atoms with van der Waals surface area (Å²) in [5, 5.41) is 13.2. The molecule has 0 heterocycles. The van der Waals surface area contributed by atoms with Gasteiger partial charge in [0.15, 0.2) is 0 Å². The topological polar surface area (TPSA) is 41.5 Å². The summed E-state index contributed by atoms with van der Waals surface area (Å²) in [6, 6.07) is 14.0. The Bertz CT molecular complexity index is 557. The number of nitrogens with one attached hydrogen (secondary N) is 1. The second kappa shape index (κ2) is 7.88. The summed E-state index contributed by atoms with van der Waals surface area (Å²) < 4.78 is 17.9. The Labute approximate surface area is 124 Å². The van der Waals surface area contributed by atoms with Gasteiger partial charge in [0.2, 0.25) is 0 Å². The van der Waals surface area contributed by atoms with Crippen LogP contribution in [-0.4, -0.2) is 18.8 Å². The second-order valence-corrected chi connectivity index (χ2v) is 4.95. The van der Waals surface area contributed by atoms with Crippen LogP contribution in [0.1, 0.15) is 22.8 Å². The van der Waals surface area contributed by atoms with E-state index in [1.807, 2.05) is 18.2 Å². The Morgan fingerprint density at radius 1 is 1.14 bits per heavy atom. The number of aliphatic hydroxyl groups excluding tert-OH is 1. The highest BCUT2D eigenvalue weighted by molar-refractivity contribution is 5.23. The van der Waals surface area contributed by atoms with Crippen LogP contribution in [0.3, 0.4) is 0 Å². The molecule has 0 saturated heterocycles. The lowest BCUT2D eigenvalue weighted by atomic mass is 10.1. The van der Waals surface area contributed by atoms with Gasteiger partial charge in [-0.1, -0.05) is 36.4 Å². The zero-order valence-corrected chi connectivity index (χ0v) is 12.1. The van der Waals surface area contributed by atoms with Crippen LogP contribution in [0.2, 0.25) is 0 Å². The molecule has 21 heavy (non-hydrogen) atoms. The molecule has 0 aliphatic heterocycles. The molecule has 0 radical (unpaired) electrons. The third kappa shape index (κ3) is 4.93. The van der Waals surface area contributed by atoms with Crippen LogP contribution in [-0.2, 0) is 17.9 Å². The van der Waals surface area contributed by atoms with E-state index in [0.29, 0.717) is 25.3 Å². The number of halogens is 1. The van der Waals surface area contributed by atoms with Crippen molar-refractivity contribution in [2.24, 2.45) is 0 Å². The van der Waals surface area contributed by atoms with Crippen molar-refractivity contribution in [3.05, 3.63) is 71.0 Å². The largest absolute Gasteiger partial charge is 0.387 e. The molecule has 4 heteroatoms. The van der Waals surface area contributed by atoms with Crippen molar-refractivity contribution in [3.63, 3.8) is 0 Å². The maximum Gasteiger partial charge on any atom is 0.123 e. The molecule has 1 unspecified atom stereocenters. The monoisotopic (exact) mass is 289 g/mol. The van der Waals surface area contributed by atoms with Crippen molar-refractivity contribution in [1.82, 2.24) is 5.32 Å². The van der Waals surface area contributed by atoms with Crippen molar-refractivity contribution in [2.75, 3.05) is 13.7 Å². The van der Waals surface area contributed by atoms with Crippen LogP contribution >= 0.6 is 0 Å². The van der Waals surface area contributed by atoms with E-state index < -0.39 is 6.10 Å². The van der Waals surface area contributed by atoms with E-state index >= 15 is 0 Å². The lowest BCUT2D eigenvalue weighted by Crippen LogP contribution is -2.21. The summed E-state index contributed by atoms with van der Waals surface area (Å²) >= 11 is 0. The van der Waals surface area contributed by atoms with Gasteiger partial charge in [0.05, 0.1) is 12.7 Å². The van der Waals surface area contributed by atoms with Crippen LogP contribution in [0.5, 0.6) is 0 Å². The average Bonchev–Trinajstić information content (AvgIpc) is 2.48. The van der Waals surface area contributed by atoms with E-state index in [-0.39, 0.29) is 5.82 Å². The molecular formula is C17H20FNO2. The number of hydrogen-bond donors (Lipinski definition) is 2. The Hall–Kier alpha value is -1.75. The highest BCUT2D eigenvalue weighted by Gasteiger charge is 2.07. The SMILES string of the molecule is COCc1cccc(CNCC(O)c2ccc(F)cc2)c1. The van der Waals surface area contributed by atoms with Gasteiger partial charge in [0, 0.05) is 20.2 Å². The summed E-state index contributed by atoms with van der Waals surface area (Å²) in [5.74, 6) is -0.297. The fourth-order valence-corrected chi connectivity index (χ4v) is 2.15. The van der Waals surface area contributed by atoms with Gasteiger partial charge in [0.25, 0.3) is 0 Å². The molecule has 3 nitrogen and oxygen atoms in total. The van der Waals surface area contributed by atoms with E-state index in [0.717, 1.165) is 11.1 Å². The van der Waals surface area contributed by atoms with Crippen LogP contribution in [0, 0.1) is 5.82 Å². The van der Waals surface area contributed by atoms with Crippen molar-refractivity contribution < 1.29 is 14.2 Å². The van der Waals surface area contributed by atoms with Gasteiger partial charge in [-0.2, -0.15) is 0 Å². The first-order valence-corrected chi connectivity index (χ1v) is 6.90. The number of ether oxygens (including phenoxy) is 1. The fourth-order valence-electron chi connectivity index (χ4n) is 2.15. The lowest BCUT2D eigenvalue weighted by molar-refractivity contribution is 0.174. The van der Waals surface area contributed by atoms with Crippen molar-refractivity contribution in [2.45, 2.75) is 19.3 Å². The molecule has 0 fully saturated rings. The molecule has 2 aromatic carbocycles. The molecule has 0 aliphatic carbocycles. The molecule has 0 aromatic heterocycles. The molecule has 2 N–H and O–H groups in total. The standard InChI is InChI=1S/C17H20FNO2/c1-21-12-14-4-2-3-13(9-14)10-19-11-17(20)15-5-7-16(18)8-6-15/h2-9,17,19-20H,10-12H2,1H3. The number of methoxy groups -OCH3 is 1. The summed E-state index contributed by atoms with van der Waals surface area (Å²) in [7, 11) is 1.67. The zero-order chi connectivity index (χ0) is 15.1. The quantitative estimate of drug-likeness (QED) is 0.823. The molecule has 1 atom stereocenters. The first-order chi connectivity index (χ1) is 10.2. The van der Waals surface area contributed by atoms with Crippen LogP contribution < -0.4 is 5.32 Å². The normalized spacial score (nSPS) is 12.3. The number of hydrogen-bond acceptors (Lipinski definition) is 3. The van der Waals surface area contributed by atoms with Crippen LogP contribution in [0.4, 0.5) is 4.39 Å². The number of benzene rings is 2. The molecule has 0 amide bonds. The van der Waals surface area contributed by atoms with Gasteiger partial charge in [-0.25, -0.2) is 4.39 Å². The molecule has 2 aromatic rings.